The number of benzene rings is 2. The van der Waals surface area contributed by atoms with Crippen LogP contribution in [-0.4, -0.2) is 34.0 Å². The number of aromatic nitrogens is 1. The Bertz CT molecular complexity index is 947. The summed E-state index contributed by atoms with van der Waals surface area (Å²) >= 11 is 0. The van der Waals surface area contributed by atoms with E-state index in [-0.39, 0.29) is 12.3 Å². The Morgan fingerprint density at radius 2 is 1.72 bits per heavy atom. The molecular weight excluding hydrogens is 406 g/mol. The molecule has 0 saturated carbocycles. The molecule has 1 aromatic heterocycles. The first-order valence-corrected chi connectivity index (χ1v) is 10.7. The molecule has 0 aliphatic rings. The molecule has 7 nitrogen and oxygen atoms in total. The number of nitrogens with zero attached hydrogens (tertiary/aromatic N) is 1. The number of nitrogens with one attached hydrogen (secondary N) is 2. The minimum Gasteiger partial charge on any atom is -0.494 e. The molecule has 0 fully saturated rings. The molecule has 0 saturated heterocycles. The van der Waals surface area contributed by atoms with Gasteiger partial charge in [0.15, 0.2) is 0 Å². The quantitative estimate of drug-likeness (QED) is 0.150. The Labute approximate surface area is 188 Å². The zero-order chi connectivity index (χ0) is 22.6. The third-order valence-corrected chi connectivity index (χ3v) is 4.99. The predicted octanol–water partition coefficient (Wildman–Crippen LogP) is 3.45. The molecule has 2 aromatic carbocycles. The average molecular weight is 436 g/mol. The van der Waals surface area contributed by atoms with Crippen molar-refractivity contribution in [2.45, 2.75) is 38.5 Å². The number of carbonyl (C=O) groups excluding carboxylic acids is 1. The molecule has 1 amide bonds. The van der Waals surface area contributed by atoms with Gasteiger partial charge in [0.2, 0.25) is 5.91 Å². The standard InChI is InChI=1S/C25H29N3O4/c29-24(28-31)8-4-5-15-32-23-13-10-20(11-14-23)21-9-12-22(26-18-21)16-25(30)27-17-19-6-2-1-3-7-19/h1-3,6-7,9-14,18,25,27,30-31H,4-5,8,15-17H2,(H,28,29). The van der Waals surface area contributed by atoms with Crippen molar-refractivity contribution in [3.05, 3.63) is 84.2 Å². The SMILES string of the molecule is O=C(CCCCOc1ccc(-c2ccc(CC(O)NCc3ccccc3)nc2)cc1)NO. The van der Waals surface area contributed by atoms with Crippen molar-refractivity contribution in [1.29, 1.82) is 0 Å². The molecule has 0 radical (unpaired) electrons. The Kier molecular flexibility index (Phi) is 9.19. The van der Waals surface area contributed by atoms with Crippen molar-refractivity contribution in [1.82, 2.24) is 15.8 Å². The maximum Gasteiger partial charge on any atom is 0.243 e. The van der Waals surface area contributed by atoms with Crippen molar-refractivity contribution >= 4 is 5.91 Å². The van der Waals surface area contributed by atoms with E-state index in [2.05, 4.69) is 10.3 Å². The van der Waals surface area contributed by atoms with Crippen LogP contribution in [0.25, 0.3) is 11.1 Å². The lowest BCUT2D eigenvalue weighted by Gasteiger charge is -2.13. The lowest BCUT2D eigenvalue weighted by Crippen LogP contribution is -2.30. The fourth-order valence-corrected chi connectivity index (χ4v) is 3.19. The monoisotopic (exact) mass is 435 g/mol. The maximum atomic E-state index is 11.0. The summed E-state index contributed by atoms with van der Waals surface area (Å²) in [5, 5.41) is 21.8. The Morgan fingerprint density at radius 3 is 2.41 bits per heavy atom. The van der Waals surface area contributed by atoms with Crippen molar-refractivity contribution in [3.63, 3.8) is 0 Å². The highest BCUT2D eigenvalue weighted by Gasteiger charge is 2.07. The Morgan fingerprint density at radius 1 is 0.969 bits per heavy atom. The first kappa shape index (κ1) is 23.4. The van der Waals surface area contributed by atoms with E-state index >= 15 is 0 Å². The summed E-state index contributed by atoms with van der Waals surface area (Å²) in [6, 6.07) is 21.6. The van der Waals surface area contributed by atoms with Gasteiger partial charge in [0.05, 0.1) is 6.61 Å². The number of aliphatic hydroxyl groups is 1. The molecule has 3 aromatic rings. The van der Waals surface area contributed by atoms with Gasteiger partial charge >= 0.3 is 0 Å². The number of amides is 1. The number of hydrogen-bond acceptors (Lipinski definition) is 6. The summed E-state index contributed by atoms with van der Waals surface area (Å²) in [4.78, 5) is 15.4. The van der Waals surface area contributed by atoms with Crippen molar-refractivity contribution in [2.75, 3.05) is 6.61 Å². The largest absolute Gasteiger partial charge is 0.494 e. The number of carbonyl (C=O) groups is 1. The number of rotatable bonds is 12. The van der Waals surface area contributed by atoms with Crippen LogP contribution in [0, 0.1) is 0 Å². The second kappa shape index (κ2) is 12.6. The van der Waals surface area contributed by atoms with E-state index in [1.807, 2.05) is 66.7 Å². The third-order valence-electron chi connectivity index (χ3n) is 4.99. The van der Waals surface area contributed by atoms with Gasteiger partial charge in [0.25, 0.3) is 0 Å². The first-order valence-electron chi connectivity index (χ1n) is 10.7. The summed E-state index contributed by atoms with van der Waals surface area (Å²) in [6.45, 7) is 1.11. The summed E-state index contributed by atoms with van der Waals surface area (Å²) < 4.78 is 5.69. The van der Waals surface area contributed by atoms with Crippen LogP contribution in [0.2, 0.25) is 0 Å². The maximum absolute atomic E-state index is 11.0. The lowest BCUT2D eigenvalue weighted by molar-refractivity contribution is -0.129. The van der Waals surface area contributed by atoms with E-state index in [0.717, 1.165) is 34.6 Å². The number of hydrogen-bond donors (Lipinski definition) is 4. The average Bonchev–Trinajstić information content (AvgIpc) is 2.84. The molecule has 1 heterocycles. The van der Waals surface area contributed by atoms with E-state index in [1.165, 1.54) is 0 Å². The van der Waals surface area contributed by atoms with Gasteiger partial charge in [-0.25, -0.2) is 5.48 Å². The van der Waals surface area contributed by atoms with Gasteiger partial charge < -0.3 is 9.84 Å². The highest BCUT2D eigenvalue weighted by Crippen LogP contribution is 2.22. The van der Waals surface area contributed by atoms with E-state index in [0.29, 0.717) is 26.0 Å². The zero-order valence-electron chi connectivity index (χ0n) is 17.9. The number of aliphatic hydroxyl groups excluding tert-OH is 1. The lowest BCUT2D eigenvalue weighted by atomic mass is 10.1. The van der Waals surface area contributed by atoms with Gasteiger partial charge in [-0.15, -0.1) is 0 Å². The van der Waals surface area contributed by atoms with Crippen LogP contribution in [0.1, 0.15) is 30.5 Å². The van der Waals surface area contributed by atoms with Crippen LogP contribution in [0.15, 0.2) is 72.9 Å². The van der Waals surface area contributed by atoms with Crippen LogP contribution < -0.4 is 15.5 Å². The van der Waals surface area contributed by atoms with Gasteiger partial charge in [-0.2, -0.15) is 0 Å². The summed E-state index contributed by atoms with van der Waals surface area (Å²) in [5.41, 5.74) is 5.57. The molecule has 0 bridgehead atoms. The molecule has 0 aliphatic heterocycles. The molecule has 0 aliphatic carbocycles. The van der Waals surface area contributed by atoms with Crippen molar-refractivity contribution < 1.29 is 19.8 Å². The molecule has 0 spiro atoms. The molecule has 1 unspecified atom stereocenters. The van der Waals surface area contributed by atoms with Crippen LogP contribution in [0.5, 0.6) is 5.75 Å². The topological polar surface area (TPSA) is 104 Å². The second-order valence-corrected chi connectivity index (χ2v) is 7.49. The number of ether oxygens (including phenoxy) is 1. The molecular formula is C25H29N3O4. The third kappa shape index (κ3) is 7.77. The summed E-state index contributed by atoms with van der Waals surface area (Å²) in [5.74, 6) is 0.379. The zero-order valence-corrected chi connectivity index (χ0v) is 17.9. The first-order chi connectivity index (χ1) is 15.6. The molecule has 7 heteroatoms. The smallest absolute Gasteiger partial charge is 0.243 e. The van der Waals surface area contributed by atoms with Crippen molar-refractivity contribution in [3.8, 4) is 16.9 Å². The molecule has 3 rings (SSSR count). The predicted molar refractivity (Wildman–Crippen MR) is 122 cm³/mol. The number of hydroxylamine groups is 1. The highest BCUT2D eigenvalue weighted by atomic mass is 16.5. The minimum atomic E-state index is -0.664. The van der Waals surface area contributed by atoms with Crippen molar-refractivity contribution in [2.24, 2.45) is 0 Å². The molecule has 1 atom stereocenters. The fraction of sp³-hybridized carbons (Fsp3) is 0.280. The Hall–Kier alpha value is -3.26. The van der Waals surface area contributed by atoms with Gasteiger partial charge in [-0.3, -0.25) is 20.3 Å². The van der Waals surface area contributed by atoms with Crippen LogP contribution >= 0.6 is 0 Å². The van der Waals surface area contributed by atoms with Crippen LogP contribution in [0.3, 0.4) is 0 Å². The van der Waals surface area contributed by atoms with Crippen LogP contribution in [0.4, 0.5) is 0 Å². The fourth-order valence-electron chi connectivity index (χ4n) is 3.19. The molecule has 32 heavy (non-hydrogen) atoms. The normalized spacial score (nSPS) is 11.7. The van der Waals surface area contributed by atoms with Gasteiger partial charge in [0, 0.05) is 36.8 Å². The van der Waals surface area contributed by atoms with E-state index < -0.39 is 6.23 Å². The second-order valence-electron chi connectivity index (χ2n) is 7.49. The van der Waals surface area contributed by atoms with E-state index in [9.17, 15) is 9.90 Å². The van der Waals surface area contributed by atoms with Gasteiger partial charge in [-0.1, -0.05) is 48.5 Å². The Balaban J connectivity index is 1.43. The van der Waals surface area contributed by atoms with E-state index in [1.54, 1.807) is 11.7 Å². The number of pyridine rings is 1. The van der Waals surface area contributed by atoms with E-state index in [4.69, 9.17) is 9.94 Å². The van der Waals surface area contributed by atoms with Crippen LogP contribution in [-0.2, 0) is 17.8 Å². The minimum absolute atomic E-state index is 0.280. The summed E-state index contributed by atoms with van der Waals surface area (Å²) in [7, 11) is 0. The number of unbranched alkanes of at least 4 members (excludes halogenated alkanes) is 1. The highest BCUT2D eigenvalue weighted by molar-refractivity contribution is 5.74. The summed E-state index contributed by atoms with van der Waals surface area (Å²) in [6.07, 6.45) is 3.23. The van der Waals surface area contributed by atoms with Gasteiger partial charge in [0.1, 0.15) is 12.0 Å². The van der Waals surface area contributed by atoms with Gasteiger partial charge in [-0.05, 0) is 42.2 Å². The molecule has 168 valence electrons. The molecule has 4 N–H and O–H groups in total.